The lowest BCUT2D eigenvalue weighted by Gasteiger charge is -2.41. The van der Waals surface area contributed by atoms with Crippen LogP contribution in [-0.4, -0.2) is 31.8 Å². The number of unbranched alkanes of at least 4 members (excludes halogenated alkanes) is 1. The summed E-state index contributed by atoms with van der Waals surface area (Å²) < 4.78 is 21.0. The number of aliphatic hydroxyl groups is 1. The van der Waals surface area contributed by atoms with Gasteiger partial charge in [0.1, 0.15) is 7.14 Å². The van der Waals surface area contributed by atoms with Gasteiger partial charge in [0.15, 0.2) is 8.32 Å². The first kappa shape index (κ1) is 25.1. The molecule has 0 aliphatic carbocycles. The first-order valence-electron chi connectivity index (χ1n) is 11.1. The van der Waals surface area contributed by atoms with Crippen molar-refractivity contribution in [1.29, 1.82) is 0 Å². The molecule has 2 aromatic rings. The van der Waals surface area contributed by atoms with Gasteiger partial charge in [-0.2, -0.15) is 0 Å². The topological polar surface area (TPSA) is 46.5 Å². The lowest BCUT2D eigenvalue weighted by molar-refractivity contribution is 0.0348. The molecule has 30 heavy (non-hydrogen) atoms. The van der Waals surface area contributed by atoms with Crippen molar-refractivity contribution >= 4 is 26.1 Å². The maximum absolute atomic E-state index is 14.4. The van der Waals surface area contributed by atoms with Crippen LogP contribution in [0.5, 0.6) is 0 Å². The van der Waals surface area contributed by atoms with Crippen LogP contribution in [0.3, 0.4) is 0 Å². The molecule has 166 valence electrons. The molecule has 0 fully saturated rings. The van der Waals surface area contributed by atoms with Gasteiger partial charge in [-0.05, 0) is 24.6 Å². The molecule has 2 rings (SSSR count). The summed E-state index contributed by atoms with van der Waals surface area (Å²) in [6.45, 7) is 13.2. The molecule has 3 nitrogen and oxygen atoms in total. The van der Waals surface area contributed by atoms with Gasteiger partial charge in [-0.25, -0.2) is 0 Å². The van der Waals surface area contributed by atoms with Crippen LogP contribution in [0, 0.1) is 0 Å². The Balaban J connectivity index is 2.38. The van der Waals surface area contributed by atoms with E-state index < -0.39 is 21.6 Å². The summed E-state index contributed by atoms with van der Waals surface area (Å²) in [7, 11) is -5.05. The Hall–Kier alpha value is -1.19. The lowest BCUT2D eigenvalue weighted by atomic mass is 10.1. The van der Waals surface area contributed by atoms with Crippen LogP contribution >= 0.6 is 7.14 Å². The third-order valence-electron chi connectivity index (χ3n) is 6.31. The van der Waals surface area contributed by atoms with E-state index in [9.17, 15) is 9.67 Å². The highest BCUT2D eigenvalue weighted by atomic mass is 31.2. The van der Waals surface area contributed by atoms with Crippen LogP contribution in [0.25, 0.3) is 0 Å². The zero-order valence-electron chi connectivity index (χ0n) is 19.5. The highest BCUT2D eigenvalue weighted by Crippen LogP contribution is 2.45. The molecule has 0 unspecified atom stereocenters. The Morgan fingerprint density at radius 1 is 0.967 bits per heavy atom. The fourth-order valence-electron chi connectivity index (χ4n) is 3.37. The van der Waals surface area contributed by atoms with E-state index in [0.29, 0.717) is 0 Å². The van der Waals surface area contributed by atoms with Crippen molar-refractivity contribution in [3.05, 3.63) is 60.7 Å². The molecule has 1 N–H and O–H groups in total. The third kappa shape index (κ3) is 6.17. The Morgan fingerprint density at radius 3 is 1.83 bits per heavy atom. The summed E-state index contributed by atoms with van der Waals surface area (Å²) in [6, 6.07) is 19.2. The molecule has 0 aliphatic heterocycles. The first-order valence-corrected chi connectivity index (χ1v) is 15.9. The summed E-state index contributed by atoms with van der Waals surface area (Å²) in [6.07, 6.45) is 1.93. The van der Waals surface area contributed by atoms with Crippen LogP contribution in [0.2, 0.25) is 18.1 Å². The minimum Gasteiger partial charge on any atom is -0.411 e. The summed E-state index contributed by atoms with van der Waals surface area (Å²) in [4.78, 5) is 0. The van der Waals surface area contributed by atoms with E-state index in [1.54, 1.807) is 0 Å². The van der Waals surface area contributed by atoms with Gasteiger partial charge in [-0.1, -0.05) is 101 Å². The summed E-state index contributed by atoms with van der Waals surface area (Å²) >= 11 is 0. The SMILES string of the molecule is CCCC[C@@H](O[Si](C)(C)C(C)(C)C)[C@H](O)CP(=O)(c1ccccc1)c1ccccc1. The molecular formula is C25H39O3PSi. The molecule has 0 aliphatic rings. The summed E-state index contributed by atoms with van der Waals surface area (Å²) in [5.74, 6) is 0. The van der Waals surface area contributed by atoms with Crippen molar-refractivity contribution < 1.29 is 14.1 Å². The van der Waals surface area contributed by atoms with E-state index >= 15 is 0 Å². The molecule has 0 radical (unpaired) electrons. The van der Waals surface area contributed by atoms with Gasteiger partial charge in [0.2, 0.25) is 0 Å². The predicted octanol–water partition coefficient (Wildman–Crippen LogP) is 5.94. The minimum absolute atomic E-state index is 0.0553. The lowest BCUT2D eigenvalue weighted by Crippen LogP contribution is -2.48. The van der Waals surface area contributed by atoms with E-state index in [-0.39, 0.29) is 17.3 Å². The second-order valence-electron chi connectivity index (χ2n) is 9.72. The van der Waals surface area contributed by atoms with E-state index in [2.05, 4.69) is 40.8 Å². The molecule has 0 saturated heterocycles. The fraction of sp³-hybridized carbons (Fsp3) is 0.520. The van der Waals surface area contributed by atoms with Gasteiger partial charge in [0.25, 0.3) is 0 Å². The van der Waals surface area contributed by atoms with E-state index in [0.717, 1.165) is 29.9 Å². The summed E-state index contributed by atoms with van der Waals surface area (Å²) in [5.41, 5.74) is 0. The van der Waals surface area contributed by atoms with E-state index in [4.69, 9.17) is 4.43 Å². The zero-order chi connectivity index (χ0) is 22.4. The van der Waals surface area contributed by atoms with Gasteiger partial charge < -0.3 is 14.1 Å². The number of hydrogen-bond donors (Lipinski definition) is 1. The molecule has 0 heterocycles. The van der Waals surface area contributed by atoms with Crippen molar-refractivity contribution in [2.45, 2.75) is 77.3 Å². The quantitative estimate of drug-likeness (QED) is 0.363. The predicted molar refractivity (Wildman–Crippen MR) is 132 cm³/mol. The van der Waals surface area contributed by atoms with Gasteiger partial charge in [-0.3, -0.25) is 0 Å². The van der Waals surface area contributed by atoms with Crippen molar-refractivity contribution in [3.8, 4) is 0 Å². The Morgan fingerprint density at radius 2 is 1.43 bits per heavy atom. The number of aliphatic hydroxyl groups excluding tert-OH is 1. The number of rotatable bonds is 10. The van der Waals surface area contributed by atoms with Gasteiger partial charge in [-0.15, -0.1) is 0 Å². The van der Waals surface area contributed by atoms with Crippen molar-refractivity contribution in [3.63, 3.8) is 0 Å². The molecule has 0 saturated carbocycles. The van der Waals surface area contributed by atoms with Gasteiger partial charge >= 0.3 is 0 Å². The number of benzene rings is 2. The van der Waals surface area contributed by atoms with E-state index in [1.807, 2.05) is 60.7 Å². The normalized spacial score (nSPS) is 15.0. The van der Waals surface area contributed by atoms with Crippen LogP contribution in [0.4, 0.5) is 0 Å². The Kier molecular flexibility index (Phi) is 8.70. The first-order chi connectivity index (χ1) is 14.0. The average Bonchev–Trinajstić information content (AvgIpc) is 2.71. The molecule has 0 spiro atoms. The molecule has 0 aromatic heterocycles. The third-order valence-corrected chi connectivity index (χ3v) is 14.0. The second kappa shape index (κ2) is 10.4. The molecular weight excluding hydrogens is 407 g/mol. The van der Waals surface area contributed by atoms with Crippen LogP contribution in [-0.2, 0) is 8.99 Å². The Labute approximate surface area is 184 Å². The maximum Gasteiger partial charge on any atom is 0.192 e. The largest absolute Gasteiger partial charge is 0.411 e. The maximum atomic E-state index is 14.4. The highest BCUT2D eigenvalue weighted by Gasteiger charge is 2.42. The molecule has 0 bridgehead atoms. The van der Waals surface area contributed by atoms with Crippen LogP contribution in [0.15, 0.2) is 60.7 Å². The zero-order valence-corrected chi connectivity index (χ0v) is 21.4. The molecule has 5 heteroatoms. The van der Waals surface area contributed by atoms with Crippen molar-refractivity contribution in [2.24, 2.45) is 0 Å². The van der Waals surface area contributed by atoms with Crippen molar-refractivity contribution in [2.75, 3.05) is 6.16 Å². The monoisotopic (exact) mass is 446 g/mol. The Bertz CT molecular complexity index is 772. The average molecular weight is 447 g/mol. The summed E-state index contributed by atoms with van der Waals surface area (Å²) in [5, 5.41) is 13.0. The van der Waals surface area contributed by atoms with E-state index in [1.165, 1.54) is 0 Å². The fourth-order valence-corrected chi connectivity index (χ4v) is 7.54. The molecule has 0 amide bonds. The van der Waals surface area contributed by atoms with Crippen LogP contribution < -0.4 is 10.6 Å². The van der Waals surface area contributed by atoms with Gasteiger partial charge in [0, 0.05) is 16.8 Å². The molecule has 2 aromatic carbocycles. The molecule has 2 atom stereocenters. The second-order valence-corrected chi connectivity index (χ2v) is 17.4. The van der Waals surface area contributed by atoms with Crippen molar-refractivity contribution in [1.82, 2.24) is 0 Å². The number of hydrogen-bond acceptors (Lipinski definition) is 3. The smallest absolute Gasteiger partial charge is 0.192 e. The standard InChI is InChI=1S/C25H39O3PSi/c1-7-8-19-24(28-30(5,6)25(2,3)4)23(26)20-29(27,21-15-11-9-12-16-21)22-17-13-10-14-18-22/h9-18,23-24,26H,7-8,19-20H2,1-6H3/t23-,24-/m1/s1. The van der Waals surface area contributed by atoms with Crippen LogP contribution in [0.1, 0.15) is 47.0 Å². The minimum atomic E-state index is -2.99. The highest BCUT2D eigenvalue weighted by molar-refractivity contribution is 7.78. The van der Waals surface area contributed by atoms with Gasteiger partial charge in [0.05, 0.1) is 12.2 Å².